The Kier molecular flexibility index (Phi) is 3.46. The molecule has 1 aliphatic rings. The molecule has 0 radical (unpaired) electrons. The molecule has 0 bridgehead atoms. The van der Waals surface area contributed by atoms with Gasteiger partial charge in [0.1, 0.15) is 5.56 Å². The van der Waals surface area contributed by atoms with E-state index in [0.717, 1.165) is 16.6 Å². The average Bonchev–Trinajstić information content (AvgIpc) is 3.29. The summed E-state index contributed by atoms with van der Waals surface area (Å²) in [5, 5.41) is 4.33. The number of hydrogen-bond donors (Lipinski definition) is 0. The van der Waals surface area contributed by atoms with Crippen LogP contribution in [0.3, 0.4) is 0 Å². The van der Waals surface area contributed by atoms with E-state index in [4.69, 9.17) is 14.5 Å². The Morgan fingerprint density at radius 1 is 1.15 bits per heavy atom. The number of imidazole rings is 1. The largest absolute Gasteiger partial charge is 0.462 e. The summed E-state index contributed by atoms with van der Waals surface area (Å²) in [7, 11) is 0. The fraction of sp³-hybridized carbons (Fsp3) is 0.150. The number of hydrogen-bond acceptors (Lipinski definition) is 5. The van der Waals surface area contributed by atoms with E-state index >= 15 is 0 Å². The molecule has 0 N–H and O–H groups in total. The first kappa shape index (κ1) is 15.6. The summed E-state index contributed by atoms with van der Waals surface area (Å²) < 4.78 is 14.9. The van der Waals surface area contributed by atoms with E-state index in [1.807, 2.05) is 59.2 Å². The molecule has 1 aliphatic heterocycles. The van der Waals surface area contributed by atoms with Gasteiger partial charge in [-0.25, -0.2) is 9.78 Å². The molecule has 2 aromatic heterocycles. The number of ether oxygens (including phenoxy) is 2. The lowest BCUT2D eigenvalue weighted by Gasteiger charge is -2.28. The van der Waals surface area contributed by atoms with Crippen molar-refractivity contribution < 1.29 is 14.3 Å². The molecule has 134 valence electrons. The topological polar surface area (TPSA) is 71.2 Å². The molecule has 3 heterocycles. The number of esters is 1. The van der Waals surface area contributed by atoms with Crippen molar-refractivity contribution >= 4 is 17.0 Å². The number of aromatic nitrogens is 4. The smallest absolute Gasteiger partial charge is 0.345 e. The molecule has 0 spiro atoms. The molecule has 0 saturated carbocycles. The van der Waals surface area contributed by atoms with Crippen LogP contribution in [0.1, 0.15) is 29.1 Å². The van der Waals surface area contributed by atoms with Gasteiger partial charge in [0.25, 0.3) is 0 Å². The lowest BCUT2D eigenvalue weighted by atomic mass is 10.2. The molecular formula is C20H16N4O3. The summed E-state index contributed by atoms with van der Waals surface area (Å²) in [5.74, 6) is 0.474. The van der Waals surface area contributed by atoms with Crippen molar-refractivity contribution in [2.45, 2.75) is 13.2 Å². The second-order valence-electron chi connectivity index (χ2n) is 6.15. The quantitative estimate of drug-likeness (QED) is 0.524. The fourth-order valence-corrected chi connectivity index (χ4v) is 3.35. The molecule has 4 aromatic rings. The Morgan fingerprint density at radius 3 is 2.74 bits per heavy atom. The molecule has 7 heteroatoms. The van der Waals surface area contributed by atoms with Crippen LogP contribution in [0.5, 0.6) is 5.88 Å². The summed E-state index contributed by atoms with van der Waals surface area (Å²) in [5.41, 5.74) is 3.00. The summed E-state index contributed by atoms with van der Waals surface area (Å²) in [6.45, 7) is 2.05. The number of rotatable bonds is 3. The van der Waals surface area contributed by atoms with Crippen LogP contribution in [0.25, 0.3) is 17.0 Å². The van der Waals surface area contributed by atoms with Crippen LogP contribution < -0.4 is 4.74 Å². The van der Waals surface area contributed by atoms with Crippen molar-refractivity contribution in [1.82, 2.24) is 19.3 Å². The van der Waals surface area contributed by atoms with Crippen molar-refractivity contribution in [3.63, 3.8) is 0 Å². The van der Waals surface area contributed by atoms with E-state index in [-0.39, 0.29) is 12.2 Å². The number of benzene rings is 2. The van der Waals surface area contributed by atoms with Gasteiger partial charge in [0.05, 0.1) is 23.8 Å². The van der Waals surface area contributed by atoms with Crippen LogP contribution in [0, 0.1) is 0 Å². The van der Waals surface area contributed by atoms with Crippen molar-refractivity contribution in [2.75, 3.05) is 6.61 Å². The monoisotopic (exact) mass is 360 g/mol. The van der Waals surface area contributed by atoms with Gasteiger partial charge in [0.15, 0.2) is 0 Å². The molecule has 27 heavy (non-hydrogen) atoms. The average molecular weight is 360 g/mol. The molecule has 0 fully saturated rings. The highest BCUT2D eigenvalue weighted by Crippen LogP contribution is 2.37. The third-order valence-corrected chi connectivity index (χ3v) is 4.53. The molecule has 7 nitrogen and oxygen atoms in total. The van der Waals surface area contributed by atoms with Gasteiger partial charge in [-0.1, -0.05) is 42.5 Å². The Balaban J connectivity index is 1.76. The summed E-state index contributed by atoms with van der Waals surface area (Å²) in [4.78, 5) is 17.0. The minimum Gasteiger partial charge on any atom is -0.462 e. The standard InChI is InChI=1S/C20H16N4O3/c1-2-26-19(25)14-12-21-24-18(14)27-17(13-8-4-3-5-9-13)23-16-11-7-6-10-15(16)22-20(23)24/h3-12,17H,2H2,1H3/t17-/m1/s1. The lowest BCUT2D eigenvalue weighted by molar-refractivity contribution is 0.0514. The molecule has 0 unspecified atom stereocenters. The van der Waals surface area contributed by atoms with Gasteiger partial charge in [0.2, 0.25) is 18.1 Å². The van der Waals surface area contributed by atoms with Gasteiger partial charge in [0, 0.05) is 5.56 Å². The Bertz CT molecular complexity index is 1150. The highest BCUT2D eigenvalue weighted by molar-refractivity contribution is 5.92. The lowest BCUT2D eigenvalue weighted by Crippen LogP contribution is -2.27. The first-order chi connectivity index (χ1) is 13.3. The highest BCUT2D eigenvalue weighted by atomic mass is 16.5. The molecule has 2 aromatic carbocycles. The molecular weight excluding hydrogens is 344 g/mol. The second kappa shape index (κ2) is 5.98. The van der Waals surface area contributed by atoms with Gasteiger partial charge in [-0.2, -0.15) is 9.78 Å². The van der Waals surface area contributed by atoms with E-state index in [9.17, 15) is 4.79 Å². The Labute approximate surface area is 154 Å². The first-order valence-corrected chi connectivity index (χ1v) is 8.72. The maximum absolute atomic E-state index is 12.3. The minimum atomic E-state index is -0.467. The van der Waals surface area contributed by atoms with Gasteiger partial charge >= 0.3 is 5.97 Å². The zero-order valence-corrected chi connectivity index (χ0v) is 14.6. The molecule has 0 aliphatic carbocycles. The Morgan fingerprint density at radius 2 is 1.93 bits per heavy atom. The predicted molar refractivity (Wildman–Crippen MR) is 98.0 cm³/mol. The van der Waals surface area contributed by atoms with E-state index in [0.29, 0.717) is 11.8 Å². The number of carbonyl (C=O) groups is 1. The summed E-state index contributed by atoms with van der Waals surface area (Å²) in [6, 6.07) is 17.7. The number of para-hydroxylation sites is 2. The van der Waals surface area contributed by atoms with Gasteiger partial charge in [-0.15, -0.1) is 0 Å². The molecule has 0 saturated heterocycles. The van der Waals surface area contributed by atoms with Crippen molar-refractivity contribution in [1.29, 1.82) is 0 Å². The molecule has 0 amide bonds. The maximum atomic E-state index is 12.3. The van der Waals surface area contributed by atoms with Crippen molar-refractivity contribution in [2.24, 2.45) is 0 Å². The van der Waals surface area contributed by atoms with E-state index in [1.54, 1.807) is 11.6 Å². The van der Waals surface area contributed by atoms with Crippen molar-refractivity contribution in [3.05, 3.63) is 71.9 Å². The SMILES string of the molecule is CCOC(=O)c1cnn2c1O[C@H](c1ccccc1)n1c-2nc2ccccc21. The third-order valence-electron chi connectivity index (χ3n) is 4.53. The fourth-order valence-electron chi connectivity index (χ4n) is 3.35. The van der Waals surface area contributed by atoms with Crippen LogP contribution in [0.2, 0.25) is 0 Å². The highest BCUT2D eigenvalue weighted by Gasteiger charge is 2.34. The maximum Gasteiger partial charge on any atom is 0.345 e. The zero-order valence-electron chi connectivity index (χ0n) is 14.6. The van der Waals surface area contributed by atoms with Crippen LogP contribution in [-0.4, -0.2) is 31.9 Å². The first-order valence-electron chi connectivity index (χ1n) is 8.72. The van der Waals surface area contributed by atoms with Crippen molar-refractivity contribution in [3.8, 4) is 11.8 Å². The number of fused-ring (bicyclic) bond motifs is 5. The van der Waals surface area contributed by atoms with Crippen LogP contribution in [0.15, 0.2) is 60.8 Å². The number of carbonyl (C=O) groups excluding carboxylic acids is 1. The predicted octanol–water partition coefficient (Wildman–Crippen LogP) is 3.34. The van der Waals surface area contributed by atoms with Gasteiger partial charge in [-0.3, -0.25) is 4.57 Å². The zero-order chi connectivity index (χ0) is 18.4. The van der Waals surface area contributed by atoms with Crippen LogP contribution in [0.4, 0.5) is 0 Å². The van der Waals surface area contributed by atoms with Gasteiger partial charge in [-0.05, 0) is 19.1 Å². The van der Waals surface area contributed by atoms with Crippen LogP contribution in [-0.2, 0) is 4.74 Å². The van der Waals surface area contributed by atoms with E-state index < -0.39 is 12.2 Å². The van der Waals surface area contributed by atoms with Gasteiger partial charge < -0.3 is 9.47 Å². The number of nitrogens with zero attached hydrogens (tertiary/aromatic N) is 4. The molecule has 1 atom stereocenters. The minimum absolute atomic E-state index is 0.282. The van der Waals surface area contributed by atoms with E-state index in [1.165, 1.54) is 6.20 Å². The summed E-state index contributed by atoms with van der Waals surface area (Å²) >= 11 is 0. The normalized spacial score (nSPS) is 15.1. The summed E-state index contributed by atoms with van der Waals surface area (Å²) in [6.07, 6.45) is 0.996. The second-order valence-corrected chi connectivity index (χ2v) is 6.15. The Hall–Kier alpha value is -3.61. The van der Waals surface area contributed by atoms with E-state index in [2.05, 4.69) is 5.10 Å². The molecule has 5 rings (SSSR count). The third kappa shape index (κ3) is 2.32. The van der Waals surface area contributed by atoms with Crippen LogP contribution >= 0.6 is 0 Å².